The maximum absolute atomic E-state index is 5.77. The van der Waals surface area contributed by atoms with E-state index in [1.165, 1.54) is 6.42 Å². The van der Waals surface area contributed by atoms with E-state index in [0.717, 1.165) is 31.2 Å². The van der Waals surface area contributed by atoms with Gasteiger partial charge in [-0.05, 0) is 40.3 Å². The predicted octanol–water partition coefficient (Wildman–Crippen LogP) is 1.94. The molecular formula is C12H21N3O. The number of nitrogens with one attached hydrogen (secondary N) is 1. The monoisotopic (exact) mass is 223 g/mol. The van der Waals surface area contributed by atoms with Crippen molar-refractivity contribution in [3.8, 4) is 0 Å². The molecule has 4 heteroatoms. The molecule has 1 unspecified atom stereocenters. The lowest BCUT2D eigenvalue weighted by Crippen LogP contribution is -2.30. The van der Waals surface area contributed by atoms with Crippen LogP contribution in [0.4, 0.5) is 0 Å². The van der Waals surface area contributed by atoms with E-state index in [9.17, 15) is 0 Å². The maximum atomic E-state index is 5.77. The highest BCUT2D eigenvalue weighted by atomic mass is 16.4. The van der Waals surface area contributed by atoms with Crippen LogP contribution in [0.25, 0.3) is 0 Å². The van der Waals surface area contributed by atoms with Crippen molar-refractivity contribution in [2.75, 3.05) is 13.6 Å². The summed E-state index contributed by atoms with van der Waals surface area (Å²) in [5.41, 5.74) is 0. The molecule has 1 saturated heterocycles. The Morgan fingerprint density at radius 2 is 2.44 bits per heavy atom. The predicted molar refractivity (Wildman–Crippen MR) is 63.1 cm³/mol. The Morgan fingerprint density at radius 1 is 1.62 bits per heavy atom. The Balaban J connectivity index is 2.10. The largest absolute Gasteiger partial charge is 0.443 e. The molecule has 2 heterocycles. The lowest BCUT2D eigenvalue weighted by atomic mass is 10.2. The van der Waals surface area contributed by atoms with Gasteiger partial charge in [0.15, 0.2) is 0 Å². The highest BCUT2D eigenvalue weighted by Gasteiger charge is 2.31. The standard InChI is InChI=1S/C12H21N3O/c1-9(2)15-6-4-5-11(15)12-14-8-10(16-12)7-13-3/h8-9,11,13H,4-7H2,1-3H3. The fourth-order valence-electron chi connectivity index (χ4n) is 2.40. The van der Waals surface area contributed by atoms with Crippen LogP contribution < -0.4 is 5.32 Å². The van der Waals surface area contributed by atoms with Gasteiger partial charge in [0.05, 0.1) is 18.8 Å². The molecule has 1 fully saturated rings. The number of rotatable bonds is 4. The third kappa shape index (κ3) is 2.28. The van der Waals surface area contributed by atoms with Gasteiger partial charge in [-0.15, -0.1) is 0 Å². The Labute approximate surface area is 97.0 Å². The molecule has 0 aromatic carbocycles. The summed E-state index contributed by atoms with van der Waals surface area (Å²) in [6, 6.07) is 0.942. The third-order valence-electron chi connectivity index (χ3n) is 3.17. The number of oxazole rings is 1. The van der Waals surface area contributed by atoms with Gasteiger partial charge in [0.25, 0.3) is 0 Å². The van der Waals surface area contributed by atoms with Crippen LogP contribution in [0.1, 0.15) is 44.4 Å². The molecule has 1 atom stereocenters. The highest BCUT2D eigenvalue weighted by molar-refractivity contribution is 5.01. The molecule has 16 heavy (non-hydrogen) atoms. The molecule has 1 aromatic heterocycles. The Morgan fingerprint density at radius 3 is 3.12 bits per heavy atom. The van der Waals surface area contributed by atoms with Gasteiger partial charge in [-0.3, -0.25) is 4.90 Å². The SMILES string of the molecule is CNCc1cnc(C2CCCN2C(C)C)o1. The minimum atomic E-state index is 0.380. The summed E-state index contributed by atoms with van der Waals surface area (Å²) < 4.78 is 5.77. The first-order valence-electron chi connectivity index (χ1n) is 6.07. The van der Waals surface area contributed by atoms with Gasteiger partial charge < -0.3 is 9.73 Å². The summed E-state index contributed by atoms with van der Waals surface area (Å²) in [4.78, 5) is 6.87. The Bertz CT molecular complexity index is 335. The summed E-state index contributed by atoms with van der Waals surface area (Å²) in [5.74, 6) is 1.81. The fraction of sp³-hybridized carbons (Fsp3) is 0.750. The number of hydrogen-bond donors (Lipinski definition) is 1. The average molecular weight is 223 g/mol. The number of aromatic nitrogens is 1. The normalized spacial score (nSPS) is 22.1. The van der Waals surface area contributed by atoms with Crippen LogP contribution in [0.5, 0.6) is 0 Å². The second kappa shape index (κ2) is 4.97. The highest BCUT2D eigenvalue weighted by Crippen LogP contribution is 2.32. The molecule has 0 amide bonds. The summed E-state index contributed by atoms with van der Waals surface area (Å²) >= 11 is 0. The van der Waals surface area contributed by atoms with Crippen LogP contribution >= 0.6 is 0 Å². The molecule has 2 rings (SSSR count). The smallest absolute Gasteiger partial charge is 0.211 e. The first-order chi connectivity index (χ1) is 7.72. The van der Waals surface area contributed by atoms with Gasteiger partial charge in [0.1, 0.15) is 5.76 Å². The van der Waals surface area contributed by atoms with Crippen LogP contribution in [0.3, 0.4) is 0 Å². The van der Waals surface area contributed by atoms with E-state index in [-0.39, 0.29) is 0 Å². The first-order valence-corrected chi connectivity index (χ1v) is 6.07. The van der Waals surface area contributed by atoms with Crippen molar-refractivity contribution in [2.24, 2.45) is 0 Å². The average Bonchev–Trinajstić information content (AvgIpc) is 2.83. The molecule has 90 valence electrons. The summed E-state index contributed by atoms with van der Waals surface area (Å²) in [7, 11) is 1.91. The minimum absolute atomic E-state index is 0.380. The first kappa shape index (κ1) is 11.6. The molecule has 1 aliphatic heterocycles. The molecular weight excluding hydrogens is 202 g/mol. The van der Waals surface area contributed by atoms with Gasteiger partial charge in [0, 0.05) is 6.04 Å². The van der Waals surface area contributed by atoms with Crippen molar-refractivity contribution in [3.05, 3.63) is 17.8 Å². The topological polar surface area (TPSA) is 41.3 Å². The molecule has 1 aliphatic rings. The van der Waals surface area contributed by atoms with Gasteiger partial charge in [-0.1, -0.05) is 0 Å². The van der Waals surface area contributed by atoms with E-state index in [2.05, 4.69) is 29.0 Å². The van der Waals surface area contributed by atoms with Crippen molar-refractivity contribution in [3.63, 3.8) is 0 Å². The zero-order chi connectivity index (χ0) is 11.5. The molecule has 0 radical (unpaired) electrons. The van der Waals surface area contributed by atoms with Crippen LogP contribution in [-0.4, -0.2) is 29.5 Å². The molecule has 0 aliphatic carbocycles. The molecule has 4 nitrogen and oxygen atoms in total. The maximum Gasteiger partial charge on any atom is 0.211 e. The van der Waals surface area contributed by atoms with Gasteiger partial charge in [-0.2, -0.15) is 0 Å². The third-order valence-corrected chi connectivity index (χ3v) is 3.17. The zero-order valence-corrected chi connectivity index (χ0v) is 10.4. The van der Waals surface area contributed by atoms with Crippen LogP contribution in [-0.2, 0) is 6.54 Å². The quantitative estimate of drug-likeness (QED) is 0.847. The summed E-state index contributed by atoms with van der Waals surface area (Å²) in [6.07, 6.45) is 4.24. The van der Waals surface area contributed by atoms with E-state index in [1.807, 2.05) is 13.2 Å². The van der Waals surface area contributed by atoms with Crippen molar-refractivity contribution < 1.29 is 4.42 Å². The number of nitrogens with zero attached hydrogens (tertiary/aromatic N) is 2. The second-order valence-electron chi connectivity index (χ2n) is 4.68. The minimum Gasteiger partial charge on any atom is -0.443 e. The molecule has 0 spiro atoms. The van der Waals surface area contributed by atoms with E-state index in [4.69, 9.17) is 4.42 Å². The van der Waals surface area contributed by atoms with Crippen molar-refractivity contribution in [2.45, 2.75) is 45.3 Å². The van der Waals surface area contributed by atoms with Crippen molar-refractivity contribution >= 4 is 0 Å². The summed E-state index contributed by atoms with van der Waals surface area (Å²) in [6.45, 7) is 6.37. The Kier molecular flexibility index (Phi) is 3.61. The van der Waals surface area contributed by atoms with Gasteiger partial charge in [0.2, 0.25) is 5.89 Å². The fourth-order valence-corrected chi connectivity index (χ4v) is 2.40. The zero-order valence-electron chi connectivity index (χ0n) is 10.4. The van der Waals surface area contributed by atoms with Crippen LogP contribution in [0.15, 0.2) is 10.6 Å². The Hall–Kier alpha value is -0.870. The molecule has 0 bridgehead atoms. The van der Waals surface area contributed by atoms with E-state index >= 15 is 0 Å². The lowest BCUT2D eigenvalue weighted by molar-refractivity contribution is 0.177. The number of likely N-dealkylation sites (tertiary alicyclic amines) is 1. The number of hydrogen-bond acceptors (Lipinski definition) is 4. The second-order valence-corrected chi connectivity index (χ2v) is 4.68. The molecule has 1 aromatic rings. The van der Waals surface area contributed by atoms with Gasteiger partial charge >= 0.3 is 0 Å². The van der Waals surface area contributed by atoms with E-state index in [0.29, 0.717) is 12.1 Å². The van der Waals surface area contributed by atoms with Crippen LogP contribution in [0, 0.1) is 0 Å². The van der Waals surface area contributed by atoms with Gasteiger partial charge in [-0.25, -0.2) is 4.98 Å². The summed E-state index contributed by atoms with van der Waals surface area (Å²) in [5, 5.41) is 3.07. The van der Waals surface area contributed by atoms with E-state index in [1.54, 1.807) is 0 Å². The van der Waals surface area contributed by atoms with Crippen molar-refractivity contribution in [1.29, 1.82) is 0 Å². The van der Waals surface area contributed by atoms with Crippen LogP contribution in [0.2, 0.25) is 0 Å². The van der Waals surface area contributed by atoms with E-state index < -0.39 is 0 Å². The van der Waals surface area contributed by atoms with Crippen molar-refractivity contribution in [1.82, 2.24) is 15.2 Å². The molecule has 0 saturated carbocycles. The lowest BCUT2D eigenvalue weighted by Gasteiger charge is -2.25. The molecule has 1 N–H and O–H groups in total.